The van der Waals surface area contributed by atoms with Crippen molar-refractivity contribution in [2.24, 2.45) is 28.6 Å². The molecule has 3 fully saturated rings. The summed E-state index contributed by atoms with van der Waals surface area (Å²) in [6.45, 7) is 4.93. The summed E-state index contributed by atoms with van der Waals surface area (Å²) < 4.78 is 0. The minimum atomic E-state index is -0.706. The Bertz CT molecular complexity index is 733. The zero-order valence-corrected chi connectivity index (χ0v) is 18.7. The van der Waals surface area contributed by atoms with Gasteiger partial charge in [0.15, 0.2) is 0 Å². The summed E-state index contributed by atoms with van der Waals surface area (Å²) in [5, 5.41) is 11.8. The van der Waals surface area contributed by atoms with Gasteiger partial charge >= 0.3 is 0 Å². The van der Waals surface area contributed by atoms with Crippen LogP contribution in [0.4, 0.5) is 0 Å². The van der Waals surface area contributed by atoms with Gasteiger partial charge in [0.25, 0.3) is 0 Å². The molecule has 0 radical (unpaired) electrons. The molecule has 1 heterocycles. The minimum Gasteiger partial charge on any atom is -0.385 e. The Morgan fingerprint density at radius 1 is 1.15 bits per heavy atom. The van der Waals surface area contributed by atoms with E-state index in [0.29, 0.717) is 11.3 Å². The summed E-state index contributed by atoms with van der Waals surface area (Å²) in [6.07, 6.45) is 18.3. The number of hydrogen-bond donors (Lipinski definition) is 1. The first-order chi connectivity index (χ1) is 12.5. The van der Waals surface area contributed by atoms with Crippen LogP contribution in [0.1, 0.15) is 70.8 Å². The largest absolute Gasteiger partial charge is 0.385 e. The van der Waals surface area contributed by atoms with E-state index in [0.717, 1.165) is 36.7 Å². The third-order valence-electron chi connectivity index (χ3n) is 9.15. The average molecular weight is 446 g/mol. The van der Waals surface area contributed by atoms with Crippen molar-refractivity contribution < 1.29 is 26.2 Å². The zero-order chi connectivity index (χ0) is 18.0. The first-order valence-corrected chi connectivity index (χ1v) is 10.6. The second kappa shape index (κ2) is 6.80. The van der Waals surface area contributed by atoms with Gasteiger partial charge in [0.2, 0.25) is 0 Å². The van der Waals surface area contributed by atoms with Gasteiger partial charge in [-0.1, -0.05) is 38.0 Å². The molecule has 0 amide bonds. The van der Waals surface area contributed by atoms with Gasteiger partial charge in [-0.25, -0.2) is 0 Å². The molecule has 1 N–H and O–H groups in total. The molecule has 0 saturated heterocycles. The standard InChI is InChI=1S/C24H32NO.Mo/c1-22-12-4-3-6-17(22)8-9-19-20(22)10-13-23(2)21(19)11-14-24(23,26)18-7-5-15-25-16-18;/h3,5,7-8,15-16,19-21,26H,4,6,9-14H2,1-2H3;/q-1;/t19?,20?,21?,22-,23-,24?;/m0./s1. The van der Waals surface area contributed by atoms with Gasteiger partial charge in [0, 0.05) is 44.4 Å². The number of aromatic nitrogens is 1. The van der Waals surface area contributed by atoms with Crippen LogP contribution in [0.3, 0.4) is 0 Å². The number of pyridine rings is 1. The fourth-order valence-corrected chi connectivity index (χ4v) is 7.58. The number of nitrogens with zero attached hydrogens (tertiary/aromatic N) is 1. The van der Waals surface area contributed by atoms with E-state index in [4.69, 9.17) is 0 Å². The van der Waals surface area contributed by atoms with Gasteiger partial charge in [0.05, 0.1) is 5.60 Å². The summed E-state index contributed by atoms with van der Waals surface area (Å²) in [6, 6.07) is 4.06. The van der Waals surface area contributed by atoms with Gasteiger partial charge in [-0.15, -0.1) is 0 Å². The number of fused-ring (bicyclic) bond motifs is 5. The Labute approximate surface area is 178 Å². The molecule has 0 bridgehead atoms. The summed E-state index contributed by atoms with van der Waals surface area (Å²) in [5.74, 6) is 2.18. The number of aliphatic hydroxyl groups is 1. The Kier molecular flexibility index (Phi) is 5.00. The van der Waals surface area contributed by atoms with Crippen molar-refractivity contribution in [3.63, 3.8) is 0 Å². The van der Waals surface area contributed by atoms with Gasteiger partial charge in [0.1, 0.15) is 0 Å². The molecule has 5 rings (SSSR count). The van der Waals surface area contributed by atoms with E-state index in [-0.39, 0.29) is 26.5 Å². The first kappa shape index (κ1) is 19.8. The Balaban J connectivity index is 0.00000180. The molecular weight excluding hydrogens is 414 g/mol. The van der Waals surface area contributed by atoms with Gasteiger partial charge in [-0.2, -0.15) is 12.8 Å². The van der Waals surface area contributed by atoms with E-state index < -0.39 is 5.60 Å². The second-order valence-electron chi connectivity index (χ2n) is 9.89. The van der Waals surface area contributed by atoms with Crippen LogP contribution >= 0.6 is 0 Å². The van der Waals surface area contributed by atoms with Crippen molar-refractivity contribution in [1.29, 1.82) is 0 Å². The molecule has 146 valence electrons. The summed E-state index contributed by atoms with van der Waals surface area (Å²) in [7, 11) is 0. The second-order valence-corrected chi connectivity index (χ2v) is 9.89. The molecule has 1 aromatic rings. The minimum absolute atomic E-state index is 0. The molecule has 0 spiro atoms. The fourth-order valence-electron chi connectivity index (χ4n) is 7.58. The van der Waals surface area contributed by atoms with Crippen LogP contribution < -0.4 is 0 Å². The van der Waals surface area contributed by atoms with E-state index in [1.807, 2.05) is 18.5 Å². The van der Waals surface area contributed by atoms with Crippen LogP contribution in [0.5, 0.6) is 0 Å². The first-order valence-electron chi connectivity index (χ1n) is 10.6. The Hall–Kier alpha value is -0.462. The van der Waals surface area contributed by atoms with E-state index in [1.165, 1.54) is 32.1 Å². The van der Waals surface area contributed by atoms with Crippen LogP contribution in [-0.2, 0) is 26.7 Å². The molecule has 27 heavy (non-hydrogen) atoms. The average Bonchev–Trinajstić information content (AvgIpc) is 2.94. The summed E-state index contributed by atoms with van der Waals surface area (Å²) in [4.78, 5) is 4.32. The molecule has 6 atom stereocenters. The maximum atomic E-state index is 11.8. The topological polar surface area (TPSA) is 33.1 Å². The number of rotatable bonds is 1. The summed E-state index contributed by atoms with van der Waals surface area (Å²) in [5.41, 5.74) is 2.44. The molecule has 0 aliphatic heterocycles. The molecule has 4 unspecified atom stereocenters. The third-order valence-corrected chi connectivity index (χ3v) is 9.15. The molecule has 3 heteroatoms. The SMILES string of the molecule is C[C@]12CC[CH-]CC1=CCC1C2CC[C@@]2(C)C1CCC2(O)c1cccnc1.[Mo]. The maximum absolute atomic E-state index is 11.8. The Morgan fingerprint density at radius 2 is 1.96 bits per heavy atom. The fraction of sp³-hybridized carbons (Fsp3) is 0.667. The molecule has 3 saturated carbocycles. The molecule has 4 aliphatic carbocycles. The van der Waals surface area contributed by atoms with E-state index in [2.05, 4.69) is 37.4 Å². The van der Waals surface area contributed by atoms with Crippen molar-refractivity contribution in [1.82, 2.24) is 4.98 Å². The predicted octanol–water partition coefficient (Wildman–Crippen LogP) is 5.43. The van der Waals surface area contributed by atoms with Gasteiger partial charge in [-0.05, 0) is 61.3 Å². The zero-order valence-electron chi connectivity index (χ0n) is 16.7. The predicted molar refractivity (Wildman–Crippen MR) is 104 cm³/mol. The van der Waals surface area contributed by atoms with Gasteiger partial charge in [-0.3, -0.25) is 4.98 Å². The van der Waals surface area contributed by atoms with Crippen LogP contribution in [0.25, 0.3) is 0 Å². The van der Waals surface area contributed by atoms with Crippen molar-refractivity contribution in [2.45, 2.75) is 70.8 Å². The van der Waals surface area contributed by atoms with Crippen LogP contribution in [0.15, 0.2) is 36.2 Å². The van der Waals surface area contributed by atoms with E-state index in [9.17, 15) is 5.11 Å². The van der Waals surface area contributed by atoms with Crippen LogP contribution in [-0.4, -0.2) is 10.1 Å². The summed E-state index contributed by atoms with van der Waals surface area (Å²) >= 11 is 0. The van der Waals surface area contributed by atoms with Crippen LogP contribution in [0.2, 0.25) is 0 Å². The quantitative estimate of drug-likeness (QED) is 0.354. The smallest absolute Gasteiger partial charge is 0.0967 e. The normalized spacial score (nSPS) is 45.7. The number of hydrogen-bond acceptors (Lipinski definition) is 2. The van der Waals surface area contributed by atoms with Crippen molar-refractivity contribution in [3.05, 3.63) is 48.2 Å². The third kappa shape index (κ3) is 2.62. The van der Waals surface area contributed by atoms with E-state index >= 15 is 0 Å². The monoisotopic (exact) mass is 448 g/mol. The number of allylic oxidation sites excluding steroid dienone is 2. The maximum Gasteiger partial charge on any atom is 0.0967 e. The van der Waals surface area contributed by atoms with Gasteiger partial charge < -0.3 is 11.5 Å². The van der Waals surface area contributed by atoms with Crippen molar-refractivity contribution >= 4 is 0 Å². The van der Waals surface area contributed by atoms with Crippen molar-refractivity contribution in [2.75, 3.05) is 0 Å². The molecule has 0 aromatic carbocycles. The molecule has 2 nitrogen and oxygen atoms in total. The molecule has 1 aromatic heterocycles. The Morgan fingerprint density at radius 3 is 2.74 bits per heavy atom. The van der Waals surface area contributed by atoms with E-state index in [1.54, 1.807) is 5.57 Å². The van der Waals surface area contributed by atoms with Crippen LogP contribution in [0, 0.1) is 35.0 Å². The molecular formula is C24H32MoNO-. The van der Waals surface area contributed by atoms with Crippen molar-refractivity contribution in [3.8, 4) is 0 Å². The molecule has 4 aliphatic rings.